The van der Waals surface area contributed by atoms with Crippen molar-refractivity contribution in [3.05, 3.63) is 0 Å². The third-order valence-electron chi connectivity index (χ3n) is 1.69. The average Bonchev–Trinajstić information content (AvgIpc) is 1.75. The van der Waals surface area contributed by atoms with E-state index in [1.165, 1.54) is 6.26 Å². The first-order valence-corrected chi connectivity index (χ1v) is 5.57. The fourth-order valence-electron chi connectivity index (χ4n) is 0.984. The number of hydrogen-bond acceptors (Lipinski definition) is 3. The third kappa shape index (κ3) is 3.16. The van der Waals surface area contributed by atoms with Gasteiger partial charge in [-0.25, -0.2) is 12.8 Å². The van der Waals surface area contributed by atoms with Gasteiger partial charge in [-0.15, -0.1) is 0 Å². The Morgan fingerprint density at radius 2 is 2.09 bits per heavy atom. The van der Waals surface area contributed by atoms with E-state index in [9.17, 15) is 12.8 Å². The molecule has 1 saturated heterocycles. The highest BCUT2D eigenvalue weighted by Crippen LogP contribution is 2.10. The summed E-state index contributed by atoms with van der Waals surface area (Å²) in [7, 11) is -2.88. The molecule has 1 rings (SSSR count). The summed E-state index contributed by atoms with van der Waals surface area (Å²) < 4.78 is 33.5. The van der Waals surface area contributed by atoms with E-state index in [4.69, 9.17) is 0 Å². The summed E-state index contributed by atoms with van der Waals surface area (Å²) in [6.07, 6.45) is 0.453. The molecule has 0 unspecified atom stereocenters. The second-order valence-electron chi connectivity index (χ2n) is 2.99. The van der Waals surface area contributed by atoms with Gasteiger partial charge in [0.1, 0.15) is 16.0 Å². The minimum absolute atomic E-state index is 0.139. The summed E-state index contributed by atoms with van der Waals surface area (Å²) in [5.41, 5.74) is 0. The van der Waals surface area contributed by atoms with E-state index in [2.05, 4.69) is 0 Å². The first kappa shape index (κ1) is 8.93. The zero-order valence-electron chi connectivity index (χ0n) is 6.46. The van der Waals surface area contributed by atoms with Crippen LogP contribution in [0.5, 0.6) is 0 Å². The molecule has 0 radical (unpaired) electrons. The van der Waals surface area contributed by atoms with Crippen LogP contribution in [0.1, 0.15) is 0 Å². The Morgan fingerprint density at radius 1 is 1.55 bits per heavy atom. The zero-order chi connectivity index (χ0) is 8.48. The smallest absolute Gasteiger partial charge is 0.148 e. The van der Waals surface area contributed by atoms with E-state index in [0.717, 1.165) is 0 Å². The van der Waals surface area contributed by atoms with Gasteiger partial charge in [-0.2, -0.15) is 0 Å². The van der Waals surface area contributed by atoms with E-state index >= 15 is 0 Å². The number of hydrogen-bond donors (Lipinski definition) is 0. The van der Waals surface area contributed by atoms with Crippen LogP contribution in [0.15, 0.2) is 0 Å². The second-order valence-corrected chi connectivity index (χ2v) is 5.25. The lowest BCUT2D eigenvalue weighted by Gasteiger charge is -2.33. The molecule has 0 aromatic heterocycles. The molecule has 3 nitrogen and oxygen atoms in total. The molecule has 5 heteroatoms. The van der Waals surface area contributed by atoms with Crippen LogP contribution >= 0.6 is 0 Å². The summed E-state index contributed by atoms with van der Waals surface area (Å²) in [5, 5.41) is 0. The number of sulfone groups is 1. The van der Waals surface area contributed by atoms with E-state index in [0.29, 0.717) is 19.6 Å². The summed E-state index contributed by atoms with van der Waals surface area (Å²) in [5.74, 6) is 0.139. The molecule has 0 atom stereocenters. The summed E-state index contributed by atoms with van der Waals surface area (Å²) in [4.78, 5) is 1.80. The molecule has 1 fully saturated rings. The maximum absolute atomic E-state index is 12.2. The normalized spacial score (nSPS) is 21.6. The largest absolute Gasteiger partial charge is 0.296 e. The van der Waals surface area contributed by atoms with Crippen molar-refractivity contribution in [3.8, 4) is 0 Å². The second kappa shape index (κ2) is 3.06. The first-order valence-electron chi connectivity index (χ1n) is 3.51. The molecule has 0 amide bonds. The van der Waals surface area contributed by atoms with Crippen molar-refractivity contribution in [3.63, 3.8) is 0 Å². The SMILES string of the molecule is CS(=O)(=O)CCN1CC(F)C1. The van der Waals surface area contributed by atoms with Crippen LogP contribution < -0.4 is 0 Å². The molecule has 11 heavy (non-hydrogen) atoms. The van der Waals surface area contributed by atoms with Crippen LogP contribution in [0.2, 0.25) is 0 Å². The Labute approximate surface area is 66.1 Å². The monoisotopic (exact) mass is 181 g/mol. The van der Waals surface area contributed by atoms with E-state index < -0.39 is 16.0 Å². The topological polar surface area (TPSA) is 37.4 Å². The van der Waals surface area contributed by atoms with Gasteiger partial charge in [-0.3, -0.25) is 4.90 Å². The average molecular weight is 181 g/mol. The number of nitrogens with zero attached hydrogens (tertiary/aromatic N) is 1. The van der Waals surface area contributed by atoms with Crippen molar-refractivity contribution in [2.45, 2.75) is 6.17 Å². The molecule has 0 aromatic carbocycles. The van der Waals surface area contributed by atoms with Crippen molar-refractivity contribution < 1.29 is 12.8 Å². The van der Waals surface area contributed by atoms with Crippen molar-refractivity contribution in [1.82, 2.24) is 4.90 Å². The van der Waals surface area contributed by atoms with Crippen LogP contribution in [0.25, 0.3) is 0 Å². The lowest BCUT2D eigenvalue weighted by molar-refractivity contribution is 0.0718. The van der Waals surface area contributed by atoms with Gasteiger partial charge < -0.3 is 0 Å². The summed E-state index contributed by atoms with van der Waals surface area (Å²) >= 11 is 0. The Balaban J connectivity index is 2.15. The van der Waals surface area contributed by atoms with Crippen molar-refractivity contribution >= 4 is 9.84 Å². The van der Waals surface area contributed by atoms with Crippen LogP contribution in [-0.2, 0) is 9.84 Å². The van der Waals surface area contributed by atoms with Gasteiger partial charge in [-0.1, -0.05) is 0 Å². The number of halogens is 1. The van der Waals surface area contributed by atoms with E-state index in [1.54, 1.807) is 4.90 Å². The first-order chi connectivity index (χ1) is 4.97. The maximum Gasteiger partial charge on any atom is 0.148 e. The fourth-order valence-corrected chi connectivity index (χ4v) is 1.57. The van der Waals surface area contributed by atoms with Crippen molar-refractivity contribution in [1.29, 1.82) is 0 Å². The van der Waals surface area contributed by atoms with Crippen molar-refractivity contribution in [2.24, 2.45) is 0 Å². The number of alkyl halides is 1. The molecule has 66 valence electrons. The van der Waals surface area contributed by atoms with Gasteiger partial charge >= 0.3 is 0 Å². The molecule has 0 bridgehead atoms. The molecular weight excluding hydrogens is 169 g/mol. The molecule has 0 aliphatic carbocycles. The standard InChI is InChI=1S/C6H12FNO2S/c1-11(9,10)3-2-8-4-6(7)5-8/h6H,2-5H2,1H3. The van der Waals surface area contributed by atoms with Gasteiger partial charge in [0, 0.05) is 25.9 Å². The minimum atomic E-state index is -2.88. The Morgan fingerprint density at radius 3 is 2.45 bits per heavy atom. The fraction of sp³-hybridized carbons (Fsp3) is 1.00. The Hall–Kier alpha value is -0.160. The van der Waals surface area contributed by atoms with Gasteiger partial charge in [0.2, 0.25) is 0 Å². The van der Waals surface area contributed by atoms with Gasteiger partial charge in [0.05, 0.1) is 5.75 Å². The lowest BCUT2D eigenvalue weighted by Crippen LogP contribution is -2.49. The predicted molar refractivity (Wildman–Crippen MR) is 41.0 cm³/mol. The number of likely N-dealkylation sites (tertiary alicyclic amines) is 1. The van der Waals surface area contributed by atoms with Crippen molar-refractivity contribution in [2.75, 3.05) is 31.6 Å². The molecule has 1 aliphatic heterocycles. The van der Waals surface area contributed by atoms with E-state index in [1.807, 2.05) is 0 Å². The summed E-state index contributed by atoms with van der Waals surface area (Å²) in [6, 6.07) is 0. The quantitative estimate of drug-likeness (QED) is 0.599. The van der Waals surface area contributed by atoms with E-state index in [-0.39, 0.29) is 5.75 Å². The lowest BCUT2D eigenvalue weighted by atomic mass is 10.2. The molecule has 1 heterocycles. The predicted octanol–water partition coefficient (Wildman–Crippen LogP) is -0.315. The Bertz CT molecular complexity index is 221. The third-order valence-corrected chi connectivity index (χ3v) is 2.62. The molecule has 0 saturated carbocycles. The highest BCUT2D eigenvalue weighted by Gasteiger charge is 2.26. The number of rotatable bonds is 3. The molecular formula is C6H12FNO2S. The molecule has 0 N–H and O–H groups in total. The zero-order valence-corrected chi connectivity index (χ0v) is 7.27. The van der Waals surface area contributed by atoms with Crippen LogP contribution in [0, 0.1) is 0 Å². The molecule has 0 aromatic rings. The minimum Gasteiger partial charge on any atom is -0.296 e. The summed E-state index contributed by atoms with van der Waals surface area (Å²) in [6.45, 7) is 1.27. The van der Waals surface area contributed by atoms with Gasteiger partial charge in [0.15, 0.2) is 0 Å². The van der Waals surface area contributed by atoms with Gasteiger partial charge in [-0.05, 0) is 0 Å². The van der Waals surface area contributed by atoms with Crippen LogP contribution in [0.4, 0.5) is 4.39 Å². The Kier molecular flexibility index (Phi) is 2.49. The molecule has 1 aliphatic rings. The highest BCUT2D eigenvalue weighted by molar-refractivity contribution is 7.90. The van der Waals surface area contributed by atoms with Gasteiger partial charge in [0.25, 0.3) is 0 Å². The highest BCUT2D eigenvalue weighted by atomic mass is 32.2. The van der Waals surface area contributed by atoms with Crippen LogP contribution in [-0.4, -0.2) is 51.1 Å². The maximum atomic E-state index is 12.2. The molecule has 0 spiro atoms. The van der Waals surface area contributed by atoms with Crippen LogP contribution in [0.3, 0.4) is 0 Å².